The maximum atomic E-state index is 5.57. The summed E-state index contributed by atoms with van der Waals surface area (Å²) in [6.07, 6.45) is 20.0. The highest BCUT2D eigenvalue weighted by Crippen LogP contribution is 2.12. The molecule has 0 fully saturated rings. The van der Waals surface area contributed by atoms with Gasteiger partial charge in [0.1, 0.15) is 0 Å². The molecule has 4 heteroatoms. The van der Waals surface area contributed by atoms with Crippen molar-refractivity contribution in [1.29, 1.82) is 0 Å². The Hall–Kier alpha value is -0.580. The van der Waals surface area contributed by atoms with Gasteiger partial charge in [0.25, 0.3) is 0 Å². The molecular formula is C23H46O4. The molecule has 0 aliphatic rings. The predicted molar refractivity (Wildman–Crippen MR) is 114 cm³/mol. The Kier molecular flexibility index (Phi) is 23.0. The van der Waals surface area contributed by atoms with E-state index in [0.29, 0.717) is 6.79 Å². The van der Waals surface area contributed by atoms with Crippen LogP contribution in [0.1, 0.15) is 104 Å². The van der Waals surface area contributed by atoms with E-state index in [1.54, 1.807) is 6.26 Å². The molecule has 0 aliphatic heterocycles. The van der Waals surface area contributed by atoms with E-state index in [0.717, 1.165) is 39.1 Å². The Morgan fingerprint density at radius 1 is 0.704 bits per heavy atom. The lowest BCUT2D eigenvalue weighted by Crippen LogP contribution is -2.17. The molecule has 0 aromatic rings. The van der Waals surface area contributed by atoms with E-state index in [-0.39, 0.29) is 6.29 Å². The minimum Gasteiger partial charge on any atom is -0.475 e. The zero-order valence-electron chi connectivity index (χ0n) is 18.4. The molecule has 27 heavy (non-hydrogen) atoms. The lowest BCUT2D eigenvalue weighted by atomic mass is 10.1. The van der Waals surface area contributed by atoms with Crippen LogP contribution < -0.4 is 0 Å². The Balaban J connectivity index is 3.21. The molecule has 0 heterocycles. The fraction of sp³-hybridized carbons (Fsp3) is 0.913. The first-order chi connectivity index (χ1) is 13.3. The summed E-state index contributed by atoms with van der Waals surface area (Å²) < 4.78 is 21.9. The fourth-order valence-electron chi connectivity index (χ4n) is 2.96. The first kappa shape index (κ1) is 26.4. The van der Waals surface area contributed by atoms with Crippen molar-refractivity contribution in [2.45, 2.75) is 111 Å². The monoisotopic (exact) mass is 386 g/mol. The summed E-state index contributed by atoms with van der Waals surface area (Å²) in [7, 11) is 0. The lowest BCUT2D eigenvalue weighted by molar-refractivity contribution is -0.140. The van der Waals surface area contributed by atoms with Gasteiger partial charge in [0, 0.05) is 13.2 Å². The van der Waals surface area contributed by atoms with Crippen LogP contribution in [0.15, 0.2) is 12.3 Å². The zero-order valence-corrected chi connectivity index (χ0v) is 18.4. The molecule has 0 N–H and O–H groups in total. The van der Waals surface area contributed by atoms with Crippen molar-refractivity contribution >= 4 is 0 Å². The van der Waals surface area contributed by atoms with Crippen LogP contribution in [-0.2, 0) is 18.9 Å². The second-order valence-corrected chi connectivity index (χ2v) is 7.02. The maximum Gasteiger partial charge on any atom is 0.188 e. The Bertz CT molecular complexity index is 288. The molecule has 0 atom stereocenters. The molecule has 4 nitrogen and oxygen atoms in total. The second kappa shape index (κ2) is 23.5. The minimum absolute atomic E-state index is 0.000430. The van der Waals surface area contributed by atoms with E-state index in [1.807, 2.05) is 13.8 Å². The third-order valence-corrected chi connectivity index (χ3v) is 4.50. The van der Waals surface area contributed by atoms with Gasteiger partial charge in [-0.2, -0.15) is 0 Å². The Morgan fingerprint density at radius 3 is 2.00 bits per heavy atom. The van der Waals surface area contributed by atoms with Gasteiger partial charge < -0.3 is 18.9 Å². The molecular weight excluding hydrogens is 340 g/mol. The van der Waals surface area contributed by atoms with Crippen LogP contribution in [-0.4, -0.2) is 32.9 Å². The van der Waals surface area contributed by atoms with Gasteiger partial charge in [-0.15, -0.1) is 0 Å². The highest BCUT2D eigenvalue weighted by molar-refractivity contribution is 4.72. The van der Waals surface area contributed by atoms with Crippen LogP contribution in [0, 0.1) is 0 Å². The summed E-state index contributed by atoms with van der Waals surface area (Å²) >= 11 is 0. The van der Waals surface area contributed by atoms with Gasteiger partial charge in [-0.25, -0.2) is 0 Å². The van der Waals surface area contributed by atoms with Crippen molar-refractivity contribution < 1.29 is 18.9 Å². The average molecular weight is 387 g/mol. The maximum absolute atomic E-state index is 5.57. The van der Waals surface area contributed by atoms with Gasteiger partial charge in [0.15, 0.2) is 13.1 Å². The molecule has 0 spiro atoms. The van der Waals surface area contributed by atoms with Crippen molar-refractivity contribution in [3.05, 3.63) is 12.3 Å². The number of hydrogen-bond acceptors (Lipinski definition) is 4. The lowest BCUT2D eigenvalue weighted by Gasteiger charge is -2.16. The van der Waals surface area contributed by atoms with Crippen molar-refractivity contribution in [3.63, 3.8) is 0 Å². The van der Waals surface area contributed by atoms with Crippen LogP contribution in [0.25, 0.3) is 0 Å². The van der Waals surface area contributed by atoms with Crippen molar-refractivity contribution in [3.8, 4) is 0 Å². The molecule has 0 saturated carbocycles. The van der Waals surface area contributed by atoms with Gasteiger partial charge in [-0.1, -0.05) is 58.3 Å². The predicted octanol–water partition coefficient (Wildman–Crippen LogP) is 6.98. The zero-order chi connectivity index (χ0) is 19.8. The van der Waals surface area contributed by atoms with Crippen molar-refractivity contribution in [1.82, 2.24) is 0 Å². The van der Waals surface area contributed by atoms with Gasteiger partial charge >= 0.3 is 0 Å². The minimum atomic E-state index is 0.000430. The standard InChI is InChI=1S/C23H46O4/c1-4-7-8-17-20-24-22-25-21-18-15-13-11-9-10-12-14-16-19-23(26-5-2)27-6-3/h18,21,23H,4-17,19-20,22H2,1-3H3. The smallest absolute Gasteiger partial charge is 0.188 e. The number of allylic oxidation sites excluding steroid dienone is 1. The Labute approximate surface area is 169 Å². The summed E-state index contributed by atoms with van der Waals surface area (Å²) in [5.41, 5.74) is 0. The molecule has 0 aromatic heterocycles. The molecule has 0 bridgehead atoms. The first-order valence-corrected chi connectivity index (χ1v) is 11.4. The third-order valence-electron chi connectivity index (χ3n) is 4.50. The summed E-state index contributed by atoms with van der Waals surface area (Å²) in [5.74, 6) is 0. The van der Waals surface area contributed by atoms with E-state index >= 15 is 0 Å². The van der Waals surface area contributed by atoms with Crippen LogP contribution in [0.2, 0.25) is 0 Å². The normalized spacial score (nSPS) is 11.7. The molecule has 0 radical (unpaired) electrons. The van der Waals surface area contributed by atoms with Crippen LogP contribution in [0.4, 0.5) is 0 Å². The molecule has 0 aliphatic carbocycles. The summed E-state index contributed by atoms with van der Waals surface area (Å²) in [5, 5.41) is 0. The van der Waals surface area contributed by atoms with Crippen LogP contribution >= 0.6 is 0 Å². The van der Waals surface area contributed by atoms with Crippen LogP contribution in [0.5, 0.6) is 0 Å². The first-order valence-electron chi connectivity index (χ1n) is 11.4. The number of hydrogen-bond donors (Lipinski definition) is 0. The number of ether oxygens (including phenoxy) is 4. The average Bonchev–Trinajstić information content (AvgIpc) is 2.67. The molecule has 0 saturated heterocycles. The second-order valence-electron chi connectivity index (χ2n) is 7.02. The molecule has 0 rings (SSSR count). The van der Waals surface area contributed by atoms with E-state index < -0.39 is 0 Å². The largest absolute Gasteiger partial charge is 0.475 e. The van der Waals surface area contributed by atoms with Gasteiger partial charge in [-0.3, -0.25) is 0 Å². The van der Waals surface area contributed by atoms with Gasteiger partial charge in [0.05, 0.1) is 12.9 Å². The fourth-order valence-corrected chi connectivity index (χ4v) is 2.96. The van der Waals surface area contributed by atoms with Gasteiger partial charge in [-0.05, 0) is 52.0 Å². The summed E-state index contributed by atoms with van der Waals surface area (Å²) in [6, 6.07) is 0. The number of unbranched alkanes of at least 4 members (excludes halogenated alkanes) is 10. The quantitative estimate of drug-likeness (QED) is 0.114. The molecule has 0 amide bonds. The van der Waals surface area contributed by atoms with E-state index in [2.05, 4.69) is 13.0 Å². The van der Waals surface area contributed by atoms with E-state index in [1.165, 1.54) is 64.2 Å². The number of rotatable bonds is 22. The van der Waals surface area contributed by atoms with Crippen LogP contribution in [0.3, 0.4) is 0 Å². The van der Waals surface area contributed by atoms with Crippen molar-refractivity contribution in [2.24, 2.45) is 0 Å². The Morgan fingerprint density at radius 2 is 1.33 bits per heavy atom. The molecule has 0 unspecified atom stereocenters. The highest BCUT2D eigenvalue weighted by Gasteiger charge is 2.06. The molecule has 0 aromatic carbocycles. The third kappa shape index (κ3) is 21.6. The topological polar surface area (TPSA) is 36.9 Å². The highest BCUT2D eigenvalue weighted by atomic mass is 16.7. The van der Waals surface area contributed by atoms with Crippen molar-refractivity contribution in [2.75, 3.05) is 26.6 Å². The SMILES string of the molecule is CCCCCCOCOC=CCCCCCCCCCC(OCC)OCC. The van der Waals surface area contributed by atoms with E-state index in [9.17, 15) is 0 Å². The molecule has 162 valence electrons. The summed E-state index contributed by atoms with van der Waals surface area (Å²) in [4.78, 5) is 0. The summed E-state index contributed by atoms with van der Waals surface area (Å²) in [6.45, 7) is 8.93. The van der Waals surface area contributed by atoms with Gasteiger partial charge in [0.2, 0.25) is 0 Å². The van der Waals surface area contributed by atoms with E-state index in [4.69, 9.17) is 18.9 Å².